The first-order valence-corrected chi connectivity index (χ1v) is 10.5. The molecule has 1 heterocycles. The summed E-state index contributed by atoms with van der Waals surface area (Å²) in [6.07, 6.45) is 2.84. The van der Waals surface area contributed by atoms with Crippen molar-refractivity contribution in [3.63, 3.8) is 0 Å². The highest BCUT2D eigenvalue weighted by Crippen LogP contribution is 2.23. The summed E-state index contributed by atoms with van der Waals surface area (Å²) in [5, 5.41) is 2.80. The largest absolute Gasteiger partial charge is 0.378 e. The minimum Gasteiger partial charge on any atom is -0.378 e. The zero-order valence-electron chi connectivity index (χ0n) is 15.7. The van der Waals surface area contributed by atoms with Crippen LogP contribution in [0.5, 0.6) is 0 Å². The van der Waals surface area contributed by atoms with Crippen molar-refractivity contribution >= 4 is 27.3 Å². The molecular formula is C20H25N3O3S. The Kier molecular flexibility index (Phi) is 5.82. The van der Waals surface area contributed by atoms with Crippen LogP contribution in [0.1, 0.15) is 29.6 Å². The number of carbonyl (C=O) groups is 1. The summed E-state index contributed by atoms with van der Waals surface area (Å²) in [5.74, 6) is -0.272. The smallest absolute Gasteiger partial charge is 0.255 e. The maximum atomic E-state index is 12.8. The molecule has 0 spiro atoms. The van der Waals surface area contributed by atoms with Crippen LogP contribution in [-0.2, 0) is 10.0 Å². The second kappa shape index (κ2) is 8.10. The van der Waals surface area contributed by atoms with E-state index < -0.39 is 10.0 Å². The molecule has 0 saturated carbocycles. The fraction of sp³-hybridized carbons (Fsp3) is 0.350. The minimum atomic E-state index is -3.53. The fourth-order valence-electron chi connectivity index (χ4n) is 3.12. The summed E-state index contributed by atoms with van der Waals surface area (Å²) in [5.41, 5.74) is 1.91. The maximum Gasteiger partial charge on any atom is 0.255 e. The van der Waals surface area contributed by atoms with E-state index in [1.165, 1.54) is 10.4 Å². The first kappa shape index (κ1) is 19.4. The number of carbonyl (C=O) groups excluding carboxylic acids is 1. The summed E-state index contributed by atoms with van der Waals surface area (Å²) in [4.78, 5) is 14.7. The lowest BCUT2D eigenvalue weighted by Gasteiger charge is -2.26. The van der Waals surface area contributed by atoms with Crippen molar-refractivity contribution in [1.82, 2.24) is 4.31 Å². The molecule has 0 radical (unpaired) electrons. The molecule has 6 nitrogen and oxygen atoms in total. The summed E-state index contributed by atoms with van der Waals surface area (Å²) in [6.45, 7) is 1.10. The lowest BCUT2D eigenvalue weighted by Crippen LogP contribution is -2.35. The van der Waals surface area contributed by atoms with E-state index in [9.17, 15) is 13.2 Å². The number of rotatable bonds is 5. The van der Waals surface area contributed by atoms with Gasteiger partial charge in [-0.05, 0) is 49.2 Å². The number of piperidine rings is 1. The molecule has 0 unspecified atom stereocenters. The Morgan fingerprint density at radius 1 is 1.00 bits per heavy atom. The molecule has 3 rings (SSSR count). The summed E-state index contributed by atoms with van der Waals surface area (Å²) >= 11 is 0. The highest BCUT2D eigenvalue weighted by molar-refractivity contribution is 7.89. The molecular weight excluding hydrogens is 362 g/mol. The number of amides is 1. The van der Waals surface area contributed by atoms with Crippen LogP contribution in [0, 0.1) is 0 Å². The van der Waals surface area contributed by atoms with Crippen molar-refractivity contribution in [2.24, 2.45) is 0 Å². The molecule has 2 aromatic rings. The predicted octanol–water partition coefficient (Wildman–Crippen LogP) is 3.18. The van der Waals surface area contributed by atoms with Crippen molar-refractivity contribution in [2.45, 2.75) is 24.2 Å². The minimum absolute atomic E-state index is 0.212. The third kappa shape index (κ3) is 4.48. The predicted molar refractivity (Wildman–Crippen MR) is 108 cm³/mol. The third-order valence-corrected chi connectivity index (χ3v) is 6.56. The van der Waals surface area contributed by atoms with E-state index in [1.54, 1.807) is 30.3 Å². The van der Waals surface area contributed by atoms with Crippen LogP contribution in [-0.4, -0.2) is 45.8 Å². The summed E-state index contributed by atoms with van der Waals surface area (Å²) < 4.78 is 27.2. The second-order valence-corrected chi connectivity index (χ2v) is 8.83. The molecule has 0 atom stereocenters. The maximum absolute atomic E-state index is 12.8. The van der Waals surface area contributed by atoms with Gasteiger partial charge in [-0.15, -0.1) is 0 Å². The van der Waals surface area contributed by atoms with Crippen LogP contribution in [0.2, 0.25) is 0 Å². The standard InChI is InChI=1S/C20H25N3O3S/c1-22(2)18-10-6-8-16(14-18)20(24)21-17-9-7-11-19(15-17)27(25,26)23-12-4-3-5-13-23/h6-11,14-15H,3-5,12-13H2,1-2H3,(H,21,24). The van der Waals surface area contributed by atoms with Crippen LogP contribution in [0.15, 0.2) is 53.4 Å². The molecule has 1 amide bonds. The highest BCUT2D eigenvalue weighted by atomic mass is 32.2. The van der Waals surface area contributed by atoms with E-state index in [2.05, 4.69) is 5.32 Å². The average Bonchev–Trinajstić information content (AvgIpc) is 2.69. The van der Waals surface area contributed by atoms with Crippen molar-refractivity contribution < 1.29 is 13.2 Å². The van der Waals surface area contributed by atoms with Gasteiger partial charge in [0, 0.05) is 44.1 Å². The van der Waals surface area contributed by atoms with Crippen LogP contribution in [0.3, 0.4) is 0 Å². The topological polar surface area (TPSA) is 69.7 Å². The van der Waals surface area contributed by atoms with Crippen LogP contribution in [0.25, 0.3) is 0 Å². The Labute approximate surface area is 160 Å². The Morgan fingerprint density at radius 2 is 1.70 bits per heavy atom. The van der Waals surface area contributed by atoms with E-state index in [1.807, 2.05) is 31.1 Å². The molecule has 144 valence electrons. The van der Waals surface area contributed by atoms with E-state index in [-0.39, 0.29) is 10.8 Å². The van der Waals surface area contributed by atoms with Gasteiger partial charge in [-0.3, -0.25) is 4.79 Å². The Hall–Kier alpha value is -2.38. The molecule has 0 aliphatic carbocycles. The Morgan fingerprint density at radius 3 is 2.41 bits per heavy atom. The van der Waals surface area contributed by atoms with E-state index in [4.69, 9.17) is 0 Å². The molecule has 1 aliphatic rings. The van der Waals surface area contributed by atoms with Gasteiger partial charge in [-0.2, -0.15) is 4.31 Å². The molecule has 0 bridgehead atoms. The van der Waals surface area contributed by atoms with Crippen LogP contribution < -0.4 is 10.2 Å². The summed E-state index contributed by atoms with van der Waals surface area (Å²) in [6, 6.07) is 13.7. The Balaban J connectivity index is 1.79. The number of nitrogens with zero attached hydrogens (tertiary/aromatic N) is 2. The second-order valence-electron chi connectivity index (χ2n) is 6.89. The molecule has 1 aliphatic heterocycles. The van der Waals surface area contributed by atoms with Crippen molar-refractivity contribution in [3.8, 4) is 0 Å². The quantitative estimate of drug-likeness (QED) is 0.855. The van der Waals surface area contributed by atoms with Gasteiger partial charge in [-0.25, -0.2) is 8.42 Å². The van der Waals surface area contributed by atoms with Crippen LogP contribution >= 0.6 is 0 Å². The monoisotopic (exact) mass is 387 g/mol. The molecule has 2 aromatic carbocycles. The van der Waals surface area contributed by atoms with Crippen molar-refractivity contribution in [3.05, 3.63) is 54.1 Å². The Bertz CT molecular complexity index is 920. The van der Waals surface area contributed by atoms with E-state index in [0.717, 1.165) is 24.9 Å². The summed E-state index contributed by atoms with van der Waals surface area (Å²) in [7, 11) is 0.290. The SMILES string of the molecule is CN(C)c1cccc(C(=O)Nc2cccc(S(=O)(=O)N3CCCCC3)c2)c1. The van der Waals surface area contributed by atoms with Crippen molar-refractivity contribution in [1.29, 1.82) is 0 Å². The van der Waals surface area contributed by atoms with Gasteiger partial charge < -0.3 is 10.2 Å². The number of hydrogen-bond acceptors (Lipinski definition) is 4. The van der Waals surface area contributed by atoms with Crippen molar-refractivity contribution in [2.75, 3.05) is 37.4 Å². The van der Waals surface area contributed by atoms with Gasteiger partial charge in [0.05, 0.1) is 4.90 Å². The first-order valence-electron chi connectivity index (χ1n) is 9.07. The van der Waals surface area contributed by atoms with Gasteiger partial charge in [-0.1, -0.05) is 18.6 Å². The lowest BCUT2D eigenvalue weighted by molar-refractivity contribution is 0.102. The number of benzene rings is 2. The zero-order valence-corrected chi connectivity index (χ0v) is 16.5. The molecule has 1 saturated heterocycles. The lowest BCUT2D eigenvalue weighted by atomic mass is 10.1. The number of hydrogen-bond donors (Lipinski definition) is 1. The van der Waals surface area contributed by atoms with Crippen LogP contribution in [0.4, 0.5) is 11.4 Å². The zero-order chi connectivity index (χ0) is 19.4. The molecule has 27 heavy (non-hydrogen) atoms. The average molecular weight is 388 g/mol. The highest BCUT2D eigenvalue weighted by Gasteiger charge is 2.26. The molecule has 7 heteroatoms. The van der Waals surface area contributed by atoms with Gasteiger partial charge in [0.2, 0.25) is 10.0 Å². The van der Waals surface area contributed by atoms with E-state index >= 15 is 0 Å². The van der Waals surface area contributed by atoms with Gasteiger partial charge in [0.1, 0.15) is 0 Å². The van der Waals surface area contributed by atoms with Gasteiger partial charge in [0.25, 0.3) is 5.91 Å². The molecule has 0 aromatic heterocycles. The normalized spacial score (nSPS) is 15.3. The van der Waals surface area contributed by atoms with Gasteiger partial charge >= 0.3 is 0 Å². The number of sulfonamides is 1. The number of anilines is 2. The first-order chi connectivity index (χ1) is 12.9. The van der Waals surface area contributed by atoms with E-state index in [0.29, 0.717) is 24.3 Å². The van der Waals surface area contributed by atoms with Gasteiger partial charge in [0.15, 0.2) is 0 Å². The fourth-order valence-corrected chi connectivity index (χ4v) is 4.68. The molecule has 1 fully saturated rings. The molecule has 1 N–H and O–H groups in total. The third-order valence-electron chi connectivity index (χ3n) is 4.67. The number of nitrogens with one attached hydrogen (secondary N) is 1.